The van der Waals surface area contributed by atoms with Gasteiger partial charge in [0.05, 0.1) is 11.4 Å². The normalized spacial score (nSPS) is 19.2. The molecular weight excluding hydrogens is 380 g/mol. The van der Waals surface area contributed by atoms with Crippen LogP contribution in [0.5, 0.6) is 0 Å². The summed E-state index contributed by atoms with van der Waals surface area (Å²) in [6.45, 7) is 6.37. The minimum absolute atomic E-state index is 0.488. The lowest BCUT2D eigenvalue weighted by Crippen LogP contribution is -2.34. The average molecular weight is 407 g/mol. The molecule has 1 atom stereocenters. The van der Waals surface area contributed by atoms with Gasteiger partial charge in [-0.05, 0) is 56.0 Å². The number of aryl methyl sites for hydroxylation is 1. The van der Waals surface area contributed by atoms with Crippen LogP contribution in [-0.4, -0.2) is 34.3 Å². The summed E-state index contributed by atoms with van der Waals surface area (Å²) in [5.74, 6) is 1.65. The first-order valence-electron chi connectivity index (χ1n) is 10.6. The molecule has 2 aliphatic rings. The van der Waals surface area contributed by atoms with E-state index in [0.717, 1.165) is 42.6 Å². The molecule has 5 heteroatoms. The molecule has 3 aromatic rings. The third-order valence-electron chi connectivity index (χ3n) is 6.22. The van der Waals surface area contributed by atoms with Crippen LogP contribution in [0.1, 0.15) is 41.1 Å². The van der Waals surface area contributed by atoms with Crippen LogP contribution in [0.4, 0.5) is 5.82 Å². The fourth-order valence-electron chi connectivity index (χ4n) is 4.78. The van der Waals surface area contributed by atoms with Crippen molar-refractivity contribution >= 4 is 17.4 Å². The number of hydrogen-bond donors (Lipinski definition) is 1. The van der Waals surface area contributed by atoms with Crippen molar-refractivity contribution in [1.29, 1.82) is 0 Å². The van der Waals surface area contributed by atoms with Gasteiger partial charge in [-0.25, -0.2) is 4.68 Å². The average Bonchev–Trinajstić information content (AvgIpc) is 3.34. The largest absolute Gasteiger partial charge is 0.369 e. The number of likely N-dealkylation sites (tertiary alicyclic amines) is 1. The van der Waals surface area contributed by atoms with Gasteiger partial charge in [-0.15, -0.1) is 0 Å². The molecule has 1 unspecified atom stereocenters. The first-order chi connectivity index (χ1) is 14.2. The predicted molar refractivity (Wildman–Crippen MR) is 119 cm³/mol. The summed E-state index contributed by atoms with van der Waals surface area (Å²) in [7, 11) is 0. The number of anilines is 1. The smallest absolute Gasteiger partial charge is 0.133 e. The van der Waals surface area contributed by atoms with Gasteiger partial charge in [0.2, 0.25) is 0 Å². The standard InChI is InChI=1S/C24H27ClN4/c1-17-9-10-20(25)14-22(17)29-24-21(11-12-26-24)23(27-29)19-8-5-13-28(16-19)15-18-6-3-2-4-7-18/h2-4,6-7,9-10,14,19,26H,5,8,11-13,15-16H2,1H3. The van der Waals surface area contributed by atoms with E-state index in [4.69, 9.17) is 16.7 Å². The van der Waals surface area contributed by atoms with Crippen LogP contribution in [-0.2, 0) is 13.0 Å². The van der Waals surface area contributed by atoms with Gasteiger partial charge in [0.1, 0.15) is 5.82 Å². The maximum Gasteiger partial charge on any atom is 0.133 e. The molecule has 1 N–H and O–H groups in total. The molecule has 0 aliphatic carbocycles. The van der Waals surface area contributed by atoms with Gasteiger partial charge in [0, 0.05) is 36.1 Å². The number of aromatic nitrogens is 2. The molecule has 29 heavy (non-hydrogen) atoms. The minimum Gasteiger partial charge on any atom is -0.369 e. The molecule has 4 nitrogen and oxygen atoms in total. The molecule has 0 saturated carbocycles. The zero-order valence-electron chi connectivity index (χ0n) is 16.9. The van der Waals surface area contributed by atoms with E-state index in [9.17, 15) is 0 Å². The predicted octanol–water partition coefficient (Wildman–Crippen LogP) is 5.18. The SMILES string of the molecule is Cc1ccc(Cl)cc1-n1nc(C2CCCN(Cc3ccccc3)C2)c2c1NCC2. The Labute approximate surface area is 177 Å². The molecule has 5 rings (SSSR count). The molecule has 2 aromatic carbocycles. The number of rotatable bonds is 4. The highest BCUT2D eigenvalue weighted by atomic mass is 35.5. The lowest BCUT2D eigenvalue weighted by atomic mass is 9.91. The van der Waals surface area contributed by atoms with Crippen LogP contribution in [0.3, 0.4) is 0 Å². The molecule has 2 aliphatic heterocycles. The van der Waals surface area contributed by atoms with Crippen molar-refractivity contribution < 1.29 is 0 Å². The third kappa shape index (κ3) is 3.67. The number of piperidine rings is 1. The zero-order valence-corrected chi connectivity index (χ0v) is 17.6. The van der Waals surface area contributed by atoms with E-state index in [1.807, 2.05) is 12.1 Å². The molecule has 0 spiro atoms. The van der Waals surface area contributed by atoms with Crippen LogP contribution in [0.15, 0.2) is 48.5 Å². The molecular formula is C24H27ClN4. The lowest BCUT2D eigenvalue weighted by Gasteiger charge is -2.32. The second-order valence-electron chi connectivity index (χ2n) is 8.29. The van der Waals surface area contributed by atoms with Gasteiger partial charge < -0.3 is 5.32 Å². The van der Waals surface area contributed by atoms with Crippen molar-refractivity contribution in [3.8, 4) is 5.69 Å². The number of nitrogens with one attached hydrogen (secondary N) is 1. The van der Waals surface area contributed by atoms with E-state index >= 15 is 0 Å². The number of benzene rings is 2. The number of nitrogens with zero attached hydrogens (tertiary/aromatic N) is 3. The van der Waals surface area contributed by atoms with E-state index in [2.05, 4.69) is 58.2 Å². The topological polar surface area (TPSA) is 33.1 Å². The second-order valence-corrected chi connectivity index (χ2v) is 8.73. The van der Waals surface area contributed by atoms with Crippen molar-refractivity contribution in [3.05, 3.63) is 75.9 Å². The Hall–Kier alpha value is -2.30. The summed E-state index contributed by atoms with van der Waals surface area (Å²) in [5, 5.41) is 9.46. The quantitative estimate of drug-likeness (QED) is 0.647. The number of fused-ring (bicyclic) bond motifs is 1. The maximum absolute atomic E-state index is 6.30. The van der Waals surface area contributed by atoms with Crippen LogP contribution in [0, 0.1) is 6.92 Å². The van der Waals surface area contributed by atoms with E-state index in [1.54, 1.807) is 0 Å². The number of halogens is 1. The van der Waals surface area contributed by atoms with Gasteiger partial charge in [-0.3, -0.25) is 4.90 Å². The fourth-order valence-corrected chi connectivity index (χ4v) is 4.94. The van der Waals surface area contributed by atoms with Gasteiger partial charge in [-0.2, -0.15) is 5.10 Å². The summed E-state index contributed by atoms with van der Waals surface area (Å²) in [6, 6.07) is 16.8. The van der Waals surface area contributed by atoms with E-state index in [0.29, 0.717) is 5.92 Å². The molecule has 0 radical (unpaired) electrons. The number of hydrogen-bond acceptors (Lipinski definition) is 3. The highest BCUT2D eigenvalue weighted by Gasteiger charge is 2.31. The minimum atomic E-state index is 0.488. The molecule has 0 amide bonds. The van der Waals surface area contributed by atoms with Gasteiger partial charge in [0.25, 0.3) is 0 Å². The van der Waals surface area contributed by atoms with Crippen LogP contribution in [0.25, 0.3) is 5.69 Å². The fraction of sp³-hybridized carbons (Fsp3) is 0.375. The first kappa shape index (κ1) is 18.7. The summed E-state index contributed by atoms with van der Waals surface area (Å²) in [5.41, 5.74) is 6.33. The third-order valence-corrected chi connectivity index (χ3v) is 6.46. The maximum atomic E-state index is 6.30. The summed E-state index contributed by atoms with van der Waals surface area (Å²) >= 11 is 6.30. The summed E-state index contributed by atoms with van der Waals surface area (Å²) < 4.78 is 2.09. The van der Waals surface area contributed by atoms with Crippen molar-refractivity contribution in [3.63, 3.8) is 0 Å². The molecule has 1 saturated heterocycles. The molecule has 0 bridgehead atoms. The van der Waals surface area contributed by atoms with Gasteiger partial charge in [0.15, 0.2) is 0 Å². The van der Waals surface area contributed by atoms with Crippen molar-refractivity contribution in [2.45, 2.75) is 38.6 Å². The molecule has 1 fully saturated rings. The summed E-state index contributed by atoms with van der Waals surface area (Å²) in [4.78, 5) is 2.59. The van der Waals surface area contributed by atoms with Gasteiger partial charge in [-0.1, -0.05) is 48.0 Å². The van der Waals surface area contributed by atoms with Crippen LogP contribution >= 0.6 is 11.6 Å². The Kier molecular flexibility index (Phi) is 5.06. The van der Waals surface area contributed by atoms with E-state index in [1.165, 1.54) is 41.8 Å². The molecule has 3 heterocycles. The van der Waals surface area contributed by atoms with E-state index < -0.39 is 0 Å². The van der Waals surface area contributed by atoms with Gasteiger partial charge >= 0.3 is 0 Å². The Morgan fingerprint density at radius 3 is 2.90 bits per heavy atom. The molecule has 150 valence electrons. The highest BCUT2D eigenvalue weighted by molar-refractivity contribution is 6.30. The van der Waals surface area contributed by atoms with Crippen molar-refractivity contribution in [2.75, 3.05) is 25.0 Å². The monoisotopic (exact) mass is 406 g/mol. The van der Waals surface area contributed by atoms with Crippen LogP contribution < -0.4 is 5.32 Å². The first-order valence-corrected chi connectivity index (χ1v) is 11.0. The zero-order chi connectivity index (χ0) is 19.8. The van der Waals surface area contributed by atoms with Crippen molar-refractivity contribution in [2.24, 2.45) is 0 Å². The highest BCUT2D eigenvalue weighted by Crippen LogP contribution is 2.37. The summed E-state index contributed by atoms with van der Waals surface area (Å²) in [6.07, 6.45) is 3.49. The Morgan fingerprint density at radius 2 is 2.03 bits per heavy atom. The Bertz CT molecular complexity index is 1010. The van der Waals surface area contributed by atoms with E-state index in [-0.39, 0.29) is 0 Å². The Balaban J connectivity index is 1.45. The van der Waals surface area contributed by atoms with Crippen molar-refractivity contribution in [1.82, 2.24) is 14.7 Å². The lowest BCUT2D eigenvalue weighted by molar-refractivity contribution is 0.198. The molecule has 1 aromatic heterocycles. The Morgan fingerprint density at radius 1 is 1.17 bits per heavy atom. The second kappa shape index (κ2) is 7.85. The van der Waals surface area contributed by atoms with Crippen LogP contribution in [0.2, 0.25) is 5.02 Å².